The van der Waals surface area contributed by atoms with E-state index < -0.39 is 10.0 Å². The van der Waals surface area contributed by atoms with Gasteiger partial charge in [0.05, 0.1) is 5.75 Å². The smallest absolute Gasteiger partial charge is 0.233 e. The Morgan fingerprint density at radius 3 is 2.52 bits per heavy atom. The van der Waals surface area contributed by atoms with Crippen LogP contribution in [0, 0.1) is 0 Å². The first-order valence-electron chi connectivity index (χ1n) is 6.33. The van der Waals surface area contributed by atoms with E-state index in [-0.39, 0.29) is 17.5 Å². The van der Waals surface area contributed by atoms with Crippen LogP contribution in [0.25, 0.3) is 11.4 Å². The molecule has 0 fully saturated rings. The monoisotopic (exact) mass is 373 g/mol. The quantitative estimate of drug-likeness (QED) is 0.513. The van der Waals surface area contributed by atoms with Crippen LogP contribution in [0.3, 0.4) is 0 Å². The van der Waals surface area contributed by atoms with Gasteiger partial charge in [-0.3, -0.25) is 9.71 Å². The van der Waals surface area contributed by atoms with Gasteiger partial charge in [-0.05, 0) is 6.92 Å². The van der Waals surface area contributed by atoms with E-state index >= 15 is 0 Å². The van der Waals surface area contributed by atoms with Gasteiger partial charge in [0.2, 0.25) is 15.2 Å². The minimum Gasteiger partial charge on any atom is -0.370 e. The Morgan fingerprint density at radius 2 is 1.91 bits per heavy atom. The maximum absolute atomic E-state index is 11.7. The molecule has 2 heterocycles. The molecular formula is C11H15N7O2S3. The molecule has 0 saturated heterocycles. The number of nitrogens with zero attached hydrogens (tertiary/aromatic N) is 4. The second kappa shape index (κ2) is 7.02. The Labute approximate surface area is 141 Å². The molecule has 5 N–H and O–H groups in total. The molecule has 124 valence electrons. The van der Waals surface area contributed by atoms with Crippen molar-refractivity contribution >= 4 is 49.6 Å². The molecule has 0 saturated carbocycles. The number of thiazole rings is 2. The summed E-state index contributed by atoms with van der Waals surface area (Å²) in [5.74, 6) is 0.0834. The van der Waals surface area contributed by atoms with Crippen molar-refractivity contribution in [3.05, 3.63) is 15.8 Å². The molecule has 2 rings (SSSR count). The fourth-order valence-corrected chi connectivity index (χ4v) is 3.64. The zero-order valence-electron chi connectivity index (χ0n) is 12.3. The van der Waals surface area contributed by atoms with Crippen LogP contribution in [0.2, 0.25) is 0 Å². The highest BCUT2D eigenvalue weighted by Gasteiger charge is 2.16. The maximum Gasteiger partial charge on any atom is 0.233 e. The van der Waals surface area contributed by atoms with Crippen LogP contribution in [0.5, 0.6) is 0 Å². The van der Waals surface area contributed by atoms with Crippen molar-refractivity contribution < 1.29 is 8.42 Å². The van der Waals surface area contributed by atoms with Gasteiger partial charge < -0.3 is 11.5 Å². The van der Waals surface area contributed by atoms with Crippen LogP contribution in [0.4, 0.5) is 5.13 Å². The molecule has 23 heavy (non-hydrogen) atoms. The number of aliphatic imine (C=N–C) groups is 2. The van der Waals surface area contributed by atoms with E-state index in [1.165, 1.54) is 29.7 Å². The van der Waals surface area contributed by atoms with E-state index in [9.17, 15) is 8.42 Å². The first-order valence-corrected chi connectivity index (χ1v) is 9.74. The van der Waals surface area contributed by atoms with Crippen molar-refractivity contribution in [2.24, 2.45) is 21.5 Å². The Balaban J connectivity index is 2.26. The summed E-state index contributed by atoms with van der Waals surface area (Å²) in [6.45, 7) is 1.55. The molecule has 0 aliphatic carbocycles. The number of aromatic nitrogens is 2. The van der Waals surface area contributed by atoms with Crippen molar-refractivity contribution in [3.63, 3.8) is 0 Å². The lowest BCUT2D eigenvalue weighted by Gasteiger charge is -2.05. The first kappa shape index (κ1) is 17.3. The van der Waals surface area contributed by atoms with E-state index in [2.05, 4.69) is 24.7 Å². The van der Waals surface area contributed by atoms with E-state index in [0.717, 1.165) is 0 Å². The summed E-state index contributed by atoms with van der Waals surface area (Å²) in [5.41, 5.74) is 11.8. The largest absolute Gasteiger partial charge is 0.370 e. The van der Waals surface area contributed by atoms with E-state index in [1.807, 2.05) is 0 Å². The highest BCUT2D eigenvalue weighted by Crippen LogP contribution is 2.27. The molecule has 0 unspecified atom stereocenters. The van der Waals surface area contributed by atoms with Crippen LogP contribution < -0.4 is 16.2 Å². The third-order valence-corrected chi connectivity index (χ3v) is 5.39. The molecule has 0 atom stereocenters. The number of nitrogens with two attached hydrogens (primary N) is 2. The highest BCUT2D eigenvalue weighted by molar-refractivity contribution is 7.90. The number of amidine groups is 1. The molecule has 0 radical (unpaired) electrons. The van der Waals surface area contributed by atoms with Crippen LogP contribution >= 0.6 is 22.7 Å². The van der Waals surface area contributed by atoms with Crippen LogP contribution in [0.15, 0.2) is 20.7 Å². The van der Waals surface area contributed by atoms with Gasteiger partial charge in [0, 0.05) is 17.8 Å². The number of hydrogen-bond acceptors (Lipinski definition) is 8. The van der Waals surface area contributed by atoms with Crippen LogP contribution in [-0.2, 0) is 10.0 Å². The van der Waals surface area contributed by atoms with Crippen LogP contribution in [-0.4, -0.2) is 43.0 Å². The predicted molar refractivity (Wildman–Crippen MR) is 93.7 cm³/mol. The lowest BCUT2D eigenvalue weighted by Crippen LogP contribution is -2.32. The lowest BCUT2D eigenvalue weighted by molar-refractivity contribution is 0.593. The molecule has 2 aromatic heterocycles. The number of sulfonamides is 1. The summed E-state index contributed by atoms with van der Waals surface area (Å²) in [5, 5.41) is 4.40. The molecule has 0 bridgehead atoms. The molecule has 9 nitrogen and oxygen atoms in total. The predicted octanol–water partition coefficient (Wildman–Crippen LogP) is 0.487. The van der Waals surface area contributed by atoms with Crippen molar-refractivity contribution in [1.82, 2.24) is 14.7 Å². The summed E-state index contributed by atoms with van der Waals surface area (Å²) in [4.78, 5) is 16.4. The Bertz CT molecular complexity index is 847. The minimum absolute atomic E-state index is 0.0434. The molecule has 0 aliphatic rings. The van der Waals surface area contributed by atoms with Crippen LogP contribution in [0.1, 0.15) is 11.9 Å². The minimum atomic E-state index is -3.42. The highest BCUT2D eigenvalue weighted by atomic mass is 32.2. The zero-order chi connectivity index (χ0) is 17.0. The summed E-state index contributed by atoms with van der Waals surface area (Å²) in [6.07, 6.45) is 0. The summed E-state index contributed by atoms with van der Waals surface area (Å²) in [7, 11) is -1.92. The first-order chi connectivity index (χ1) is 10.8. The molecular weight excluding hydrogens is 358 g/mol. The fourth-order valence-electron chi connectivity index (χ4n) is 1.45. The van der Waals surface area contributed by atoms with Gasteiger partial charge in [0.1, 0.15) is 11.4 Å². The zero-order valence-corrected chi connectivity index (χ0v) is 14.8. The number of hydrogen-bond donors (Lipinski definition) is 3. The Hall–Kier alpha value is -2.05. The summed E-state index contributed by atoms with van der Waals surface area (Å²) in [6, 6.07) is 0. The molecule has 0 spiro atoms. The molecule has 2 aromatic rings. The topological polar surface area (TPSA) is 149 Å². The maximum atomic E-state index is 11.7. The average molecular weight is 373 g/mol. The Morgan fingerprint density at radius 1 is 1.26 bits per heavy atom. The molecule has 0 aliphatic heterocycles. The second-order valence-electron chi connectivity index (χ2n) is 4.17. The third kappa shape index (κ3) is 4.46. The van der Waals surface area contributed by atoms with Gasteiger partial charge in [0.15, 0.2) is 16.8 Å². The number of rotatable bonds is 5. The number of guanidine groups is 1. The van der Waals surface area contributed by atoms with Gasteiger partial charge in [-0.15, -0.1) is 22.7 Å². The average Bonchev–Trinajstić information content (AvgIpc) is 3.13. The van der Waals surface area contributed by atoms with Gasteiger partial charge in [-0.2, -0.15) is 4.99 Å². The second-order valence-corrected chi connectivity index (χ2v) is 7.87. The van der Waals surface area contributed by atoms with Crippen molar-refractivity contribution in [2.75, 3.05) is 12.8 Å². The normalized spacial score (nSPS) is 12.2. The van der Waals surface area contributed by atoms with Gasteiger partial charge in [-0.1, -0.05) is 0 Å². The Kier molecular flexibility index (Phi) is 5.28. The summed E-state index contributed by atoms with van der Waals surface area (Å²) >= 11 is 2.54. The van der Waals surface area contributed by atoms with E-state index in [4.69, 9.17) is 11.5 Å². The van der Waals surface area contributed by atoms with Gasteiger partial charge >= 0.3 is 0 Å². The van der Waals surface area contributed by atoms with Crippen molar-refractivity contribution in [2.45, 2.75) is 6.92 Å². The summed E-state index contributed by atoms with van der Waals surface area (Å²) < 4.78 is 25.7. The van der Waals surface area contributed by atoms with E-state index in [0.29, 0.717) is 21.5 Å². The third-order valence-electron chi connectivity index (χ3n) is 2.54. The standard InChI is InChI=1S/C11H15N7O2S3/c1-3-23(19,20)18-8(14-2)9-15-6(4-21-9)7-5-22-11(16-7)17-10(12)13/h4-5H,3H2,1-2H3,(H,14,18)(H4,12,13,16,17). The van der Waals surface area contributed by atoms with Crippen molar-refractivity contribution in [3.8, 4) is 11.4 Å². The molecule has 0 aromatic carbocycles. The SMILES string of the molecule is CCS(=O)(=O)NC(=NC)c1nc(-c2csc(N=C(N)N)n2)cs1. The molecule has 0 amide bonds. The van der Waals surface area contributed by atoms with E-state index in [1.54, 1.807) is 17.7 Å². The van der Waals surface area contributed by atoms with Crippen molar-refractivity contribution in [1.29, 1.82) is 0 Å². The van der Waals surface area contributed by atoms with Gasteiger partial charge in [0.25, 0.3) is 0 Å². The number of nitrogens with one attached hydrogen (secondary N) is 1. The van der Waals surface area contributed by atoms with Gasteiger partial charge in [-0.25, -0.2) is 18.4 Å². The lowest BCUT2D eigenvalue weighted by atomic mass is 10.4. The fraction of sp³-hybridized carbons (Fsp3) is 0.273. The molecule has 12 heteroatoms.